The maximum Gasteiger partial charge on any atom is 0.269 e. The first-order valence-corrected chi connectivity index (χ1v) is 12.7. The lowest BCUT2D eigenvalue weighted by Crippen LogP contribution is -2.40. The van der Waals surface area contributed by atoms with Crippen LogP contribution in [0.3, 0.4) is 0 Å². The number of nitrogens with one attached hydrogen (secondary N) is 1. The lowest BCUT2D eigenvalue weighted by molar-refractivity contribution is -0.116. The summed E-state index contributed by atoms with van der Waals surface area (Å²) in [5, 5.41) is 2.45. The Kier molecular flexibility index (Phi) is 5.98. The van der Waals surface area contributed by atoms with Gasteiger partial charge < -0.3 is 10.1 Å². The molecule has 2 amide bonds. The van der Waals surface area contributed by atoms with Crippen molar-refractivity contribution in [1.29, 1.82) is 0 Å². The highest BCUT2D eigenvalue weighted by Gasteiger charge is 2.41. The molecule has 1 fully saturated rings. The minimum Gasteiger partial charge on any atom is -0.379 e. The van der Waals surface area contributed by atoms with E-state index in [0.717, 1.165) is 0 Å². The first kappa shape index (κ1) is 22.7. The van der Waals surface area contributed by atoms with E-state index in [1.165, 1.54) is 46.8 Å². The van der Waals surface area contributed by atoms with Gasteiger partial charge in [0.25, 0.3) is 15.9 Å². The van der Waals surface area contributed by atoms with Gasteiger partial charge in [-0.05, 0) is 30.3 Å². The number of amides is 2. The number of rotatable bonds is 5. The number of morpholine rings is 1. The van der Waals surface area contributed by atoms with E-state index in [2.05, 4.69) is 5.32 Å². The molecule has 2 aliphatic rings. The van der Waals surface area contributed by atoms with Gasteiger partial charge >= 0.3 is 0 Å². The van der Waals surface area contributed by atoms with E-state index in [4.69, 9.17) is 16.3 Å². The van der Waals surface area contributed by atoms with Crippen LogP contribution >= 0.6 is 11.6 Å². The first-order valence-electron chi connectivity index (χ1n) is 9.46. The van der Waals surface area contributed by atoms with Crippen LogP contribution in [0.25, 0.3) is 0 Å². The zero-order valence-electron chi connectivity index (χ0n) is 16.5. The van der Waals surface area contributed by atoms with Crippen molar-refractivity contribution in [3.63, 3.8) is 0 Å². The number of anilines is 1. The summed E-state index contributed by atoms with van der Waals surface area (Å²) in [5.41, 5.74) is -0.0375. The van der Waals surface area contributed by atoms with E-state index in [-0.39, 0.29) is 52.4 Å². The highest BCUT2D eigenvalue weighted by Crippen LogP contribution is 2.31. The van der Waals surface area contributed by atoms with Gasteiger partial charge in [-0.15, -0.1) is 0 Å². The number of hydrogen-bond acceptors (Lipinski definition) is 7. The van der Waals surface area contributed by atoms with Crippen molar-refractivity contribution >= 4 is 49.1 Å². The molecule has 0 bridgehead atoms. The van der Waals surface area contributed by atoms with Gasteiger partial charge in [0.15, 0.2) is 0 Å². The first-order chi connectivity index (χ1) is 15.1. The minimum atomic E-state index is -4.16. The monoisotopic (exact) mass is 499 g/mol. The largest absolute Gasteiger partial charge is 0.379 e. The highest BCUT2D eigenvalue weighted by molar-refractivity contribution is 7.90. The molecular formula is C19H18ClN3O7S2. The standard InChI is InChI=1S/C19H18ClN3O7S2/c20-15-6-5-13(31(26,27)22-7-9-30-10-8-22)11-16(15)21-18(24)12-23-19(25)14-3-1-2-4-17(14)32(23,28)29/h1-6,11H,7-10,12H2,(H,21,24). The number of sulfonamides is 2. The van der Waals surface area contributed by atoms with Gasteiger partial charge in [-0.2, -0.15) is 4.31 Å². The Morgan fingerprint density at radius 3 is 2.50 bits per heavy atom. The third-order valence-electron chi connectivity index (χ3n) is 5.02. The van der Waals surface area contributed by atoms with E-state index >= 15 is 0 Å². The molecule has 0 saturated carbocycles. The second-order valence-corrected chi connectivity index (χ2v) is 11.2. The number of carbonyl (C=O) groups is 2. The van der Waals surface area contributed by atoms with Crippen LogP contribution in [-0.4, -0.2) is 70.1 Å². The molecule has 1 N–H and O–H groups in total. The molecule has 2 aliphatic heterocycles. The Labute approximate surface area is 189 Å². The van der Waals surface area contributed by atoms with E-state index in [1.807, 2.05) is 0 Å². The molecule has 0 spiro atoms. The molecular weight excluding hydrogens is 482 g/mol. The van der Waals surface area contributed by atoms with Crippen LogP contribution in [0.4, 0.5) is 5.69 Å². The summed E-state index contributed by atoms with van der Waals surface area (Å²) in [7, 11) is -8.00. The SMILES string of the molecule is O=C(CN1C(=O)c2ccccc2S1(=O)=O)Nc1cc(S(=O)(=O)N2CCOCC2)ccc1Cl. The summed E-state index contributed by atoms with van der Waals surface area (Å²) in [5.74, 6) is -1.66. The van der Waals surface area contributed by atoms with Crippen molar-refractivity contribution in [1.82, 2.24) is 8.61 Å². The maximum atomic E-state index is 12.9. The second-order valence-electron chi connectivity index (χ2n) is 7.02. The smallest absolute Gasteiger partial charge is 0.269 e. The Morgan fingerprint density at radius 1 is 1.12 bits per heavy atom. The van der Waals surface area contributed by atoms with Gasteiger partial charge in [0.2, 0.25) is 15.9 Å². The molecule has 0 unspecified atom stereocenters. The number of ether oxygens (including phenoxy) is 1. The predicted molar refractivity (Wildman–Crippen MR) is 114 cm³/mol. The molecule has 0 radical (unpaired) electrons. The Balaban J connectivity index is 1.54. The van der Waals surface area contributed by atoms with Gasteiger partial charge in [0.1, 0.15) is 11.4 Å². The topological polar surface area (TPSA) is 130 Å². The Hall–Kier alpha value is -2.51. The molecule has 13 heteroatoms. The van der Waals surface area contributed by atoms with Gasteiger partial charge in [-0.1, -0.05) is 23.7 Å². The molecule has 0 aliphatic carbocycles. The molecule has 4 rings (SSSR count). The molecule has 32 heavy (non-hydrogen) atoms. The van der Waals surface area contributed by atoms with Crippen LogP contribution in [0.2, 0.25) is 5.02 Å². The zero-order valence-corrected chi connectivity index (χ0v) is 18.9. The lowest BCUT2D eigenvalue weighted by Gasteiger charge is -2.26. The van der Waals surface area contributed by atoms with Crippen molar-refractivity contribution in [3.05, 3.63) is 53.1 Å². The van der Waals surface area contributed by atoms with Gasteiger partial charge in [0, 0.05) is 13.1 Å². The average molecular weight is 500 g/mol. The average Bonchev–Trinajstić information content (AvgIpc) is 2.96. The van der Waals surface area contributed by atoms with Crippen LogP contribution in [-0.2, 0) is 29.6 Å². The molecule has 0 aromatic heterocycles. The van der Waals surface area contributed by atoms with Crippen molar-refractivity contribution in [2.45, 2.75) is 9.79 Å². The number of nitrogens with zero attached hydrogens (tertiary/aromatic N) is 2. The van der Waals surface area contributed by atoms with Crippen molar-refractivity contribution in [2.75, 3.05) is 38.2 Å². The fraction of sp³-hybridized carbons (Fsp3) is 0.263. The summed E-state index contributed by atoms with van der Waals surface area (Å²) in [6, 6.07) is 9.48. The van der Waals surface area contributed by atoms with E-state index in [9.17, 15) is 26.4 Å². The number of hydrogen-bond donors (Lipinski definition) is 1. The second kappa shape index (κ2) is 8.45. The third kappa shape index (κ3) is 3.99. The zero-order chi connectivity index (χ0) is 23.1. The molecule has 2 aromatic rings. The Morgan fingerprint density at radius 2 is 1.81 bits per heavy atom. The Bertz CT molecular complexity index is 1310. The molecule has 2 heterocycles. The van der Waals surface area contributed by atoms with Crippen molar-refractivity contribution in [3.8, 4) is 0 Å². The number of benzene rings is 2. The fourth-order valence-electron chi connectivity index (χ4n) is 3.40. The molecule has 1 saturated heterocycles. The molecule has 170 valence electrons. The third-order valence-corrected chi connectivity index (χ3v) is 9.03. The van der Waals surface area contributed by atoms with E-state index < -0.39 is 38.4 Å². The van der Waals surface area contributed by atoms with Crippen LogP contribution in [0.15, 0.2) is 52.3 Å². The van der Waals surface area contributed by atoms with Gasteiger partial charge in [-0.25, -0.2) is 21.1 Å². The summed E-state index contributed by atoms with van der Waals surface area (Å²) >= 11 is 6.11. The van der Waals surface area contributed by atoms with Crippen LogP contribution in [0, 0.1) is 0 Å². The van der Waals surface area contributed by atoms with Crippen LogP contribution in [0.1, 0.15) is 10.4 Å². The van der Waals surface area contributed by atoms with Crippen molar-refractivity contribution < 1.29 is 31.2 Å². The van der Waals surface area contributed by atoms with E-state index in [1.54, 1.807) is 0 Å². The summed E-state index contributed by atoms with van der Waals surface area (Å²) in [6.45, 7) is 0.158. The number of carbonyl (C=O) groups excluding carboxylic acids is 2. The predicted octanol–water partition coefficient (Wildman–Crippen LogP) is 1.14. The number of fused-ring (bicyclic) bond motifs is 1. The normalized spacial score (nSPS) is 18.4. The fourth-order valence-corrected chi connectivity index (χ4v) is 6.53. The molecule has 10 nitrogen and oxygen atoms in total. The van der Waals surface area contributed by atoms with E-state index in [0.29, 0.717) is 4.31 Å². The van der Waals surface area contributed by atoms with Gasteiger partial charge in [0.05, 0.1) is 34.4 Å². The summed E-state index contributed by atoms with van der Waals surface area (Å²) < 4.78 is 57.8. The molecule has 2 aromatic carbocycles. The maximum absolute atomic E-state index is 12.9. The minimum absolute atomic E-state index is 0.0167. The van der Waals surface area contributed by atoms with Crippen LogP contribution in [0.5, 0.6) is 0 Å². The molecule has 0 atom stereocenters. The quantitative estimate of drug-likeness (QED) is 0.652. The summed E-state index contributed by atoms with van der Waals surface area (Å²) in [4.78, 5) is 24.8. The van der Waals surface area contributed by atoms with Gasteiger partial charge in [-0.3, -0.25) is 9.59 Å². The number of halogens is 1. The lowest BCUT2D eigenvalue weighted by atomic mass is 10.2. The summed E-state index contributed by atoms with van der Waals surface area (Å²) in [6.07, 6.45) is 0. The van der Waals surface area contributed by atoms with Crippen molar-refractivity contribution in [2.24, 2.45) is 0 Å². The highest BCUT2D eigenvalue weighted by atomic mass is 35.5. The van der Waals surface area contributed by atoms with Crippen LogP contribution < -0.4 is 5.32 Å².